The van der Waals surface area contributed by atoms with E-state index in [0.29, 0.717) is 18.1 Å². The van der Waals surface area contributed by atoms with Crippen LogP contribution >= 0.6 is 47.0 Å². The van der Waals surface area contributed by atoms with Gasteiger partial charge in [0.2, 0.25) is 5.78 Å². The van der Waals surface area contributed by atoms with E-state index in [2.05, 4.69) is 42.5 Å². The van der Waals surface area contributed by atoms with Crippen LogP contribution in [0.15, 0.2) is 150 Å². The fourth-order valence-corrected chi connectivity index (χ4v) is 9.26. The maximum Gasteiger partial charge on any atom is 0.205 e. The second-order valence-corrected chi connectivity index (χ2v) is 17.1. The molecular formula is C46H25F8NOS4. The Morgan fingerprint density at radius 2 is 0.800 bits per heavy atom. The number of hydrogen-bond donors (Lipinski definition) is 0. The molecule has 7 rings (SSSR count). The highest BCUT2D eigenvalue weighted by atomic mass is 32.2. The maximum atomic E-state index is 15.2. The third kappa shape index (κ3) is 8.45. The molecule has 14 heteroatoms. The number of nitriles is 1. The van der Waals surface area contributed by atoms with E-state index in [1.807, 2.05) is 60.9 Å². The largest absolute Gasteiger partial charge is 0.288 e. The molecule has 2 nitrogen and oxygen atoms in total. The zero-order chi connectivity index (χ0) is 42.8. The summed E-state index contributed by atoms with van der Waals surface area (Å²) in [7, 11) is 0. The molecule has 0 spiro atoms. The molecule has 0 atom stereocenters. The average Bonchev–Trinajstić information content (AvgIpc) is 3.27. The van der Waals surface area contributed by atoms with Gasteiger partial charge in [0.05, 0.1) is 10.5 Å². The number of carbonyl (C=O) groups is 1. The number of halogens is 8. The lowest BCUT2D eigenvalue weighted by atomic mass is 9.98. The van der Waals surface area contributed by atoms with Gasteiger partial charge in [0.15, 0.2) is 46.5 Å². The first kappa shape index (κ1) is 42.7. The van der Waals surface area contributed by atoms with Gasteiger partial charge in [-0.3, -0.25) is 4.79 Å². The van der Waals surface area contributed by atoms with Crippen LogP contribution in [0.5, 0.6) is 0 Å². The van der Waals surface area contributed by atoms with Crippen molar-refractivity contribution < 1.29 is 39.9 Å². The van der Waals surface area contributed by atoms with Crippen molar-refractivity contribution in [3.63, 3.8) is 0 Å². The zero-order valence-corrected chi connectivity index (χ0v) is 34.2. The van der Waals surface area contributed by atoms with Gasteiger partial charge in [-0.1, -0.05) is 89.9 Å². The Labute approximate surface area is 356 Å². The van der Waals surface area contributed by atoms with E-state index in [-0.39, 0.29) is 16.7 Å². The maximum absolute atomic E-state index is 15.2. The summed E-state index contributed by atoms with van der Waals surface area (Å²) in [6, 6.07) is 38.0. The van der Waals surface area contributed by atoms with Gasteiger partial charge < -0.3 is 0 Å². The van der Waals surface area contributed by atoms with Crippen LogP contribution in [-0.4, -0.2) is 12.0 Å². The minimum Gasteiger partial charge on any atom is -0.288 e. The normalized spacial score (nSPS) is 11.2. The minimum atomic E-state index is -2.33. The molecule has 0 fully saturated rings. The van der Waals surface area contributed by atoms with Crippen molar-refractivity contribution in [2.75, 3.05) is 6.26 Å². The lowest BCUT2D eigenvalue weighted by molar-refractivity contribution is 0.101. The summed E-state index contributed by atoms with van der Waals surface area (Å²) in [5, 5.41) is 10.2. The summed E-state index contributed by atoms with van der Waals surface area (Å²) in [6.07, 6.45) is 2.04. The van der Waals surface area contributed by atoms with Crippen LogP contribution in [0.1, 0.15) is 27.0 Å². The van der Waals surface area contributed by atoms with E-state index < -0.39 is 73.9 Å². The van der Waals surface area contributed by atoms with E-state index in [1.54, 1.807) is 23.9 Å². The van der Waals surface area contributed by atoms with Gasteiger partial charge >= 0.3 is 0 Å². The van der Waals surface area contributed by atoms with Crippen LogP contribution in [0.25, 0.3) is 22.3 Å². The van der Waals surface area contributed by atoms with E-state index in [4.69, 9.17) is 0 Å². The fraction of sp³-hybridized carbons (Fsp3) is 0.0435. The van der Waals surface area contributed by atoms with Gasteiger partial charge in [0, 0.05) is 34.9 Å². The quantitative estimate of drug-likeness (QED) is 0.0558. The van der Waals surface area contributed by atoms with Crippen LogP contribution in [0.3, 0.4) is 0 Å². The number of thioether (sulfide) groups is 1. The third-order valence-electron chi connectivity index (χ3n) is 9.26. The number of nitrogens with zero attached hydrogens (tertiary/aromatic N) is 1. The van der Waals surface area contributed by atoms with Gasteiger partial charge in [-0.25, -0.2) is 35.1 Å². The van der Waals surface area contributed by atoms with Gasteiger partial charge in [-0.05, 0) is 96.1 Å². The first-order chi connectivity index (χ1) is 28.8. The molecule has 0 aromatic heterocycles. The highest BCUT2D eigenvalue weighted by molar-refractivity contribution is 8.00. The predicted molar refractivity (Wildman–Crippen MR) is 220 cm³/mol. The second-order valence-electron chi connectivity index (χ2n) is 12.9. The first-order valence-corrected chi connectivity index (χ1v) is 21.2. The van der Waals surface area contributed by atoms with E-state index in [0.717, 1.165) is 36.3 Å². The highest BCUT2D eigenvalue weighted by Gasteiger charge is 2.35. The van der Waals surface area contributed by atoms with Gasteiger partial charge in [-0.2, -0.15) is 5.26 Å². The molecule has 0 amide bonds. The number of benzene rings is 7. The Morgan fingerprint density at radius 1 is 0.467 bits per heavy atom. The van der Waals surface area contributed by atoms with E-state index in [1.165, 1.54) is 40.6 Å². The molecule has 300 valence electrons. The minimum absolute atomic E-state index is 0.125. The molecule has 0 heterocycles. The molecule has 0 unspecified atom stereocenters. The zero-order valence-electron chi connectivity index (χ0n) is 31.0. The average molecular weight is 888 g/mol. The summed E-state index contributed by atoms with van der Waals surface area (Å²) >= 11 is 4.87. The molecular weight excluding hydrogens is 863 g/mol. The Morgan fingerprint density at radius 3 is 1.15 bits per heavy atom. The molecule has 7 aromatic rings. The summed E-state index contributed by atoms with van der Waals surface area (Å²) in [4.78, 5) is 16.2. The van der Waals surface area contributed by atoms with Gasteiger partial charge in [0.1, 0.15) is 17.2 Å². The van der Waals surface area contributed by atoms with Crippen molar-refractivity contribution in [3.05, 3.63) is 184 Å². The molecule has 0 saturated carbocycles. The van der Waals surface area contributed by atoms with E-state index >= 15 is 17.6 Å². The van der Waals surface area contributed by atoms with Gasteiger partial charge in [0.25, 0.3) is 0 Å². The lowest BCUT2D eigenvalue weighted by Crippen LogP contribution is -2.18. The third-order valence-corrected chi connectivity index (χ3v) is 13.2. The molecule has 0 aliphatic carbocycles. The van der Waals surface area contributed by atoms with Crippen molar-refractivity contribution in [2.45, 2.75) is 41.2 Å². The second kappa shape index (κ2) is 18.0. The molecule has 0 aliphatic heterocycles. The van der Waals surface area contributed by atoms with Crippen molar-refractivity contribution in [1.29, 1.82) is 5.26 Å². The molecule has 0 bridgehead atoms. The monoisotopic (exact) mass is 887 g/mol. The Hall–Kier alpha value is -5.46. The van der Waals surface area contributed by atoms with Crippen molar-refractivity contribution >= 4 is 52.8 Å². The summed E-state index contributed by atoms with van der Waals surface area (Å²) in [5.41, 5.74) is -1.08. The van der Waals surface area contributed by atoms with Crippen LogP contribution in [0, 0.1) is 64.8 Å². The number of ketones is 1. The standard InChI is InChI=1S/C46H25F8NOS4/c1-23-37(47)39(49)35(40(50)38(23)48)45(56)36-41(51)43(53)46(44(54)42(36)52)60-31-20-12-27(13-21-31)26-10-18-30(19-11-26)59-34-5-3-4-33(32(34)22-55)58-29-16-8-25(9-17-29)24-6-14-28(57-2)15-7-24/h3-21H,1-2H3. The van der Waals surface area contributed by atoms with Crippen LogP contribution < -0.4 is 0 Å². The molecule has 0 saturated heterocycles. The topological polar surface area (TPSA) is 40.9 Å². The molecule has 0 N–H and O–H groups in total. The number of hydrogen-bond acceptors (Lipinski definition) is 6. The molecule has 60 heavy (non-hydrogen) atoms. The SMILES string of the molecule is CSc1ccc(-c2ccc(Sc3cccc(Sc4ccc(-c5ccc(Sc6c(F)c(F)c(C(=O)c7c(F)c(F)c(C)c(F)c7F)c(F)c6F)cc5)cc4)c3C#N)cc2)cc1. The van der Waals surface area contributed by atoms with Crippen molar-refractivity contribution in [2.24, 2.45) is 0 Å². The summed E-state index contributed by atoms with van der Waals surface area (Å²) < 4.78 is 118. The predicted octanol–water partition coefficient (Wildman–Crippen LogP) is 14.7. The number of carbonyl (C=O) groups excluding carboxylic acids is 1. The number of rotatable bonds is 11. The lowest BCUT2D eigenvalue weighted by Gasteiger charge is -2.13. The Kier molecular flexibility index (Phi) is 12.8. The summed E-state index contributed by atoms with van der Waals surface area (Å²) in [6.45, 7) is 0.654. The van der Waals surface area contributed by atoms with Crippen LogP contribution in [-0.2, 0) is 0 Å². The highest BCUT2D eigenvalue weighted by Crippen LogP contribution is 2.41. The molecule has 0 radical (unpaired) electrons. The molecule has 0 aliphatic rings. The molecule has 7 aromatic carbocycles. The van der Waals surface area contributed by atoms with Gasteiger partial charge in [-0.15, -0.1) is 11.8 Å². The Bertz CT molecular complexity index is 2770. The van der Waals surface area contributed by atoms with Crippen molar-refractivity contribution in [1.82, 2.24) is 0 Å². The first-order valence-electron chi connectivity index (χ1n) is 17.6. The van der Waals surface area contributed by atoms with Crippen LogP contribution in [0.4, 0.5) is 35.1 Å². The van der Waals surface area contributed by atoms with E-state index in [9.17, 15) is 27.6 Å². The van der Waals surface area contributed by atoms with Crippen molar-refractivity contribution in [3.8, 4) is 28.3 Å². The van der Waals surface area contributed by atoms with Crippen LogP contribution in [0.2, 0.25) is 0 Å². The Balaban J connectivity index is 1.04. The fourth-order valence-electron chi connectivity index (χ4n) is 6.06. The summed E-state index contributed by atoms with van der Waals surface area (Å²) in [5.74, 6) is -19.6. The smallest absolute Gasteiger partial charge is 0.205 e.